The number of aromatic carboxylic acids is 1. The first-order valence-electron chi connectivity index (χ1n) is 39.6. The quantitative estimate of drug-likeness (QED) is 0.00915. The van der Waals surface area contributed by atoms with Crippen LogP contribution in [0, 0.1) is 35.7 Å². The largest absolute Gasteiger partial charge is 0.478 e. The number of thiazole rings is 1. The Morgan fingerprint density at radius 1 is 0.706 bits per heavy atom. The maximum atomic E-state index is 13.0. The number of fused-ring (bicyclic) bond motifs is 1. The van der Waals surface area contributed by atoms with Gasteiger partial charge < -0.3 is 49.9 Å². The number of aromatic amines is 1. The summed E-state index contributed by atoms with van der Waals surface area (Å²) in [6, 6.07) is 58.9. The number of ketones is 1. The average molecular weight is 2110 g/mol. The molecule has 0 spiro atoms. The van der Waals surface area contributed by atoms with Crippen LogP contribution in [0.3, 0.4) is 0 Å². The number of aliphatic hydroxyl groups is 1. The molecule has 698 valence electrons. The van der Waals surface area contributed by atoms with Crippen molar-refractivity contribution in [3.63, 3.8) is 0 Å². The second-order valence-corrected chi connectivity index (χ2v) is 37.1. The number of Topliss-reactive ketones (excluding diaryl/α,β-unsaturated/α-hetero) is 1. The molecule has 136 heavy (non-hydrogen) atoms. The van der Waals surface area contributed by atoms with E-state index in [-0.39, 0.29) is 86.1 Å². The molecule has 47 heteroatoms. The lowest BCUT2D eigenvalue weighted by Crippen LogP contribution is -2.56. The summed E-state index contributed by atoms with van der Waals surface area (Å²) >= 11 is 23.2. The number of aryl methyl sites for hydroxylation is 5. The number of nitrogens with zero attached hydrogens (tertiary/aromatic N) is 12. The number of hydrogen-bond acceptors (Lipinski definition) is 30. The molecule has 2 aliphatic heterocycles. The van der Waals surface area contributed by atoms with Crippen molar-refractivity contribution in [1.29, 1.82) is 0 Å². The molecule has 2 aliphatic rings. The van der Waals surface area contributed by atoms with Crippen molar-refractivity contribution in [2.24, 2.45) is 10.8 Å². The lowest BCUT2D eigenvalue weighted by atomic mass is 9.98. The van der Waals surface area contributed by atoms with Crippen molar-refractivity contribution in [2.45, 2.75) is 75.4 Å². The number of imidazole rings is 1. The number of sulfonamides is 1. The van der Waals surface area contributed by atoms with Gasteiger partial charge in [-0.15, -0.1) is 43.1 Å². The second kappa shape index (κ2) is 46.1. The number of furan rings is 1. The average Bonchev–Trinajstić information content (AvgIpc) is 1.60. The van der Waals surface area contributed by atoms with Gasteiger partial charge in [-0.2, -0.15) is 23.3 Å². The van der Waals surface area contributed by atoms with Gasteiger partial charge in [-0.1, -0.05) is 129 Å². The predicted octanol–water partition coefficient (Wildman–Crippen LogP) is 19.1. The number of carbonyl (C=O) groups is 7. The number of hydrazone groups is 1. The molecule has 0 radical (unpaired) electrons. The monoisotopic (exact) mass is 2110 g/mol. The molecule has 10 heterocycles. The third-order valence-corrected chi connectivity index (χ3v) is 24.8. The van der Waals surface area contributed by atoms with Crippen molar-refractivity contribution in [2.75, 3.05) is 33.2 Å². The minimum absolute atomic E-state index is 0.00704. The van der Waals surface area contributed by atoms with E-state index in [1.807, 2.05) is 77.5 Å². The van der Waals surface area contributed by atoms with E-state index < -0.39 is 62.8 Å². The number of benzene rings is 7. The molecule has 15 aromatic rings. The molecule has 35 nitrogen and oxygen atoms in total. The van der Waals surface area contributed by atoms with Crippen LogP contribution in [0.1, 0.15) is 109 Å². The van der Waals surface area contributed by atoms with Crippen LogP contribution >= 0.6 is 101 Å². The first-order chi connectivity index (χ1) is 64.9. The van der Waals surface area contributed by atoms with Gasteiger partial charge >= 0.3 is 18.0 Å². The highest BCUT2D eigenvalue weighted by molar-refractivity contribution is 9.10. The number of carboxylic acid groups (broad SMARTS) is 1. The summed E-state index contributed by atoms with van der Waals surface area (Å²) in [6.07, 6.45) is 0.944. The van der Waals surface area contributed by atoms with Crippen LogP contribution in [0.4, 0.5) is 41.1 Å². The number of amides is 5. The summed E-state index contributed by atoms with van der Waals surface area (Å²) in [5.41, 5.74) is 9.50. The van der Waals surface area contributed by atoms with Gasteiger partial charge in [-0.05, 0) is 206 Å². The Bertz CT molecular complexity index is 7060. The summed E-state index contributed by atoms with van der Waals surface area (Å²) in [7, 11) is -3.90. The number of thiophene rings is 1. The standard InChI is InChI=1S/C21H19N3O5S.C17H14BrN3OS.C17H14N2O2S.C13H12F3N3O3.C11H7ClN4O2S3.C10H6BrN3O4/c1-13-11-14(2)23-21(22-13)24-30(28,29)16-9-7-15(8-10-16)12-19(25)17-5-3-4-6-18(17)20(26)27;18-14-8-4-7-13(11-14)16(22)19-17-21-20-15(23-17)10-9-12-5-2-1-3-6-12;1-11-3-2-4-13(7-11)19-9-14(18-17(19)22)12-5-6-15-16(8-12)21-10-20-15;1-7-6-12(22,13(14,15)16)19(18-7)11(21)9-4-2-8(3-5-9)10(17)20;12-7-2-1-6(21-7)9-15-16-11(18-9)20-5-8(17)14-10-13-3-4-19-10;11-6-1-3-8(12-5-6)13-10(15)7-2-4-9(18-7)14(16)17/h3-11H,12H2,1-2H3,(H,26,27)(H,22,23,24);1-8,11H,9-10H2,(H,19,21,22);2-9H,10H2,1H3,(H,18,22);2-5,22H,6H2,1H3,(H2,17,20);1-4H,5H2,(H,13,14,17);1-5H,(H,12,13,15). The molecular formula is C89H72Br2ClF3N18O17S6. The van der Waals surface area contributed by atoms with Crippen molar-refractivity contribution in [1.82, 2.24) is 54.9 Å². The minimum Gasteiger partial charge on any atom is -0.478 e. The van der Waals surface area contributed by atoms with Crippen molar-refractivity contribution in [3.05, 3.63) is 331 Å². The molecule has 9 N–H and O–H groups in total. The van der Waals surface area contributed by atoms with E-state index in [2.05, 4.69) is 134 Å². The van der Waals surface area contributed by atoms with Crippen molar-refractivity contribution >= 4 is 186 Å². The second-order valence-electron chi connectivity index (χ2n) is 28.6. The number of anilines is 4. The predicted molar refractivity (Wildman–Crippen MR) is 512 cm³/mol. The Kier molecular flexibility index (Phi) is 34.2. The van der Waals surface area contributed by atoms with Gasteiger partial charge in [0.15, 0.2) is 32.9 Å². The Morgan fingerprint density at radius 2 is 1.42 bits per heavy atom. The van der Waals surface area contributed by atoms with Crippen LogP contribution in [-0.4, -0.2) is 150 Å². The SMILES string of the molecule is CC1=NN(C(=O)c2ccc(C(N)=O)cc2)C(O)(C(F)(F)F)C1.Cc1cc(C)nc(NS(=O)(=O)c2ccc(CC(=O)c3ccccc3C(=O)O)cc2)n1.Cc1cccc(-n2cc(-c3ccc4c(c3)OCO4)[nH]c2=S)c1.O=C(CSc1nnc(-c2ccc(Cl)s2)o1)Nc1nccs1.O=C(Nc1ccc(Br)cn1)c1ccc([N+](=O)[O-])o1.O=C(Nc1nnc(CCc2ccccc2)s1)c1cccc(Br)c1. The fourth-order valence-corrected chi connectivity index (χ4v) is 16.9. The normalized spacial score (nSPS) is 12.8. The summed E-state index contributed by atoms with van der Waals surface area (Å²) in [6.45, 7) is 7.10. The lowest BCUT2D eigenvalue weighted by Gasteiger charge is -2.32. The highest BCUT2D eigenvalue weighted by atomic mass is 79.9. The van der Waals surface area contributed by atoms with Crippen LogP contribution < -0.4 is 35.9 Å². The van der Waals surface area contributed by atoms with Gasteiger partial charge in [0.25, 0.3) is 44.6 Å². The van der Waals surface area contributed by atoms with Gasteiger partial charge in [0.2, 0.25) is 29.7 Å². The Hall–Kier alpha value is -14.2. The number of aromatic nitrogens is 10. The highest BCUT2D eigenvalue weighted by Gasteiger charge is 2.63. The van der Waals surface area contributed by atoms with Crippen LogP contribution in [0.5, 0.6) is 11.5 Å². The lowest BCUT2D eigenvalue weighted by molar-refractivity contribution is -0.402. The summed E-state index contributed by atoms with van der Waals surface area (Å²) < 4.78 is 92.5. The maximum absolute atomic E-state index is 13.0. The molecule has 5 amide bonds. The van der Waals surface area contributed by atoms with Crippen LogP contribution in [0.15, 0.2) is 269 Å². The fraction of sp³-hybridized carbons (Fsp3) is 0.135. The van der Waals surface area contributed by atoms with E-state index in [0.717, 1.165) is 78.3 Å². The van der Waals surface area contributed by atoms with Crippen LogP contribution in [0.25, 0.3) is 27.7 Å². The number of halogens is 6. The van der Waals surface area contributed by atoms with Crippen LogP contribution in [-0.2, 0) is 34.1 Å². The number of carboxylic acids is 1. The Balaban J connectivity index is 0.000000148. The summed E-state index contributed by atoms with van der Waals surface area (Å²) in [5.74, 6) is -2.58. The maximum Gasteiger partial charge on any atom is 0.438 e. The topological polar surface area (TPSA) is 496 Å². The zero-order chi connectivity index (χ0) is 97.5. The van der Waals surface area contributed by atoms with Gasteiger partial charge in [-0.25, -0.2) is 37.9 Å². The fourth-order valence-electron chi connectivity index (χ4n) is 12.2. The molecule has 8 aromatic heterocycles. The first kappa shape index (κ1) is 101. The number of thioether (sulfide) groups is 1. The third-order valence-electron chi connectivity index (χ3n) is 18.5. The number of rotatable bonds is 24. The number of nitrogens with two attached hydrogens (primary N) is 1. The number of H-pyrrole nitrogens is 1. The van der Waals surface area contributed by atoms with Gasteiger partial charge in [0.05, 0.1) is 37.2 Å². The van der Waals surface area contributed by atoms with Gasteiger partial charge in [-0.3, -0.25) is 48.8 Å². The number of nitro groups is 1. The number of pyridine rings is 1. The van der Waals surface area contributed by atoms with E-state index in [4.69, 9.17) is 47.9 Å². The zero-order valence-corrected chi connectivity index (χ0v) is 79.8. The van der Waals surface area contributed by atoms with Crippen LogP contribution in [0.2, 0.25) is 4.34 Å². The molecule has 1 atom stereocenters. The number of carbonyl (C=O) groups excluding carboxylic acids is 6. The Morgan fingerprint density at radius 3 is 2.07 bits per heavy atom. The zero-order valence-electron chi connectivity index (χ0n) is 70.9. The minimum atomic E-state index is -5.06. The third kappa shape index (κ3) is 28.0. The molecule has 0 fully saturated rings. The van der Waals surface area contributed by atoms with Crippen molar-refractivity contribution < 1.29 is 88.6 Å². The molecule has 0 aliphatic carbocycles. The molecule has 17 rings (SSSR count). The van der Waals surface area contributed by atoms with Gasteiger partial charge in [0, 0.05) is 103 Å². The van der Waals surface area contributed by atoms with E-state index in [1.54, 1.807) is 74.0 Å². The Labute approximate surface area is 813 Å². The molecule has 0 bridgehead atoms. The number of alkyl halides is 3. The number of nitrogens with one attached hydrogen (secondary N) is 5. The summed E-state index contributed by atoms with van der Waals surface area (Å²) in [5, 5.41) is 61.0. The molecule has 0 saturated carbocycles. The summed E-state index contributed by atoms with van der Waals surface area (Å²) in [4.78, 5) is 112. The van der Waals surface area contributed by atoms with E-state index in [1.165, 1.54) is 125 Å². The number of hydrogen-bond donors (Lipinski definition) is 8. The molecular weight excluding hydrogens is 2040 g/mol. The van der Waals surface area contributed by atoms with E-state index >= 15 is 0 Å². The first-order valence-corrected chi connectivity index (χ1v) is 46.9. The van der Waals surface area contributed by atoms with E-state index in [0.29, 0.717) is 58.8 Å². The molecule has 1 unspecified atom stereocenters. The number of primary amides is 1. The van der Waals surface area contributed by atoms with Crippen molar-refractivity contribution in [3.8, 4) is 39.2 Å². The van der Waals surface area contributed by atoms with Gasteiger partial charge in [0.1, 0.15) is 15.7 Å². The molecule has 0 saturated heterocycles. The smallest absolute Gasteiger partial charge is 0.438 e. The number of ether oxygens (including phenoxy) is 2. The molecule has 7 aromatic carbocycles. The highest BCUT2D eigenvalue weighted by Crippen LogP contribution is 2.42. The van der Waals surface area contributed by atoms with E-state index in [9.17, 15) is 75.5 Å².